The number of hydrogen-bond acceptors (Lipinski definition) is 2. The van der Waals surface area contributed by atoms with Crippen LogP contribution in [0.2, 0.25) is 0 Å². The summed E-state index contributed by atoms with van der Waals surface area (Å²) in [7, 11) is 0. The molecule has 0 aromatic rings. The van der Waals surface area contributed by atoms with Gasteiger partial charge in [0.15, 0.2) is 0 Å². The standard InChI is InChI=1S/C14H26N2O/c1-10-8-15-9-13(10)14(17)16-11(2)12-6-4-3-5-7-12/h10-13,15H,3-9H2,1-2H3,(H,16,17)/t10?,11-,13?/m0/s1. The molecule has 0 bridgehead atoms. The van der Waals surface area contributed by atoms with Crippen LogP contribution in [-0.2, 0) is 4.79 Å². The van der Waals surface area contributed by atoms with Crippen molar-refractivity contribution in [1.29, 1.82) is 0 Å². The summed E-state index contributed by atoms with van der Waals surface area (Å²) in [5.41, 5.74) is 0. The van der Waals surface area contributed by atoms with Gasteiger partial charge in [0.2, 0.25) is 5.91 Å². The molecule has 17 heavy (non-hydrogen) atoms. The lowest BCUT2D eigenvalue weighted by atomic mass is 9.84. The van der Waals surface area contributed by atoms with Gasteiger partial charge in [0.1, 0.15) is 0 Å². The lowest BCUT2D eigenvalue weighted by molar-refractivity contribution is -0.126. The molecule has 2 rings (SSSR count). The van der Waals surface area contributed by atoms with Gasteiger partial charge in [0.05, 0.1) is 5.92 Å². The highest BCUT2D eigenvalue weighted by Gasteiger charge is 2.31. The largest absolute Gasteiger partial charge is 0.353 e. The highest BCUT2D eigenvalue weighted by atomic mass is 16.2. The summed E-state index contributed by atoms with van der Waals surface area (Å²) >= 11 is 0. The van der Waals surface area contributed by atoms with Crippen molar-refractivity contribution < 1.29 is 4.79 Å². The second-order valence-corrected chi connectivity index (χ2v) is 5.94. The first-order valence-electron chi connectivity index (χ1n) is 7.19. The first kappa shape index (κ1) is 12.9. The van der Waals surface area contributed by atoms with Crippen molar-refractivity contribution in [2.24, 2.45) is 17.8 Å². The first-order chi connectivity index (χ1) is 8.18. The molecule has 2 N–H and O–H groups in total. The molecular formula is C14H26N2O. The number of amides is 1. The van der Waals surface area contributed by atoms with Crippen LogP contribution >= 0.6 is 0 Å². The molecule has 1 saturated carbocycles. The van der Waals surface area contributed by atoms with E-state index in [1.807, 2.05) is 0 Å². The van der Waals surface area contributed by atoms with E-state index in [0.29, 0.717) is 17.9 Å². The van der Waals surface area contributed by atoms with Crippen LogP contribution in [0.5, 0.6) is 0 Å². The Hall–Kier alpha value is -0.570. The molecule has 1 heterocycles. The van der Waals surface area contributed by atoms with Crippen LogP contribution in [0, 0.1) is 17.8 Å². The quantitative estimate of drug-likeness (QED) is 0.789. The molecule has 1 aliphatic carbocycles. The summed E-state index contributed by atoms with van der Waals surface area (Å²) in [6.07, 6.45) is 6.64. The number of hydrogen-bond donors (Lipinski definition) is 2. The number of nitrogens with one attached hydrogen (secondary N) is 2. The van der Waals surface area contributed by atoms with Gasteiger partial charge in [-0.3, -0.25) is 4.79 Å². The third kappa shape index (κ3) is 3.21. The predicted octanol–water partition coefficient (Wildman–Crippen LogP) is 1.93. The van der Waals surface area contributed by atoms with E-state index in [-0.39, 0.29) is 11.8 Å². The van der Waals surface area contributed by atoms with Crippen LogP contribution in [0.15, 0.2) is 0 Å². The summed E-state index contributed by atoms with van der Waals surface area (Å²) in [5, 5.41) is 6.54. The third-order valence-corrected chi connectivity index (χ3v) is 4.58. The Morgan fingerprint density at radius 2 is 1.94 bits per heavy atom. The molecule has 2 aliphatic rings. The van der Waals surface area contributed by atoms with Gasteiger partial charge < -0.3 is 10.6 Å². The Bertz CT molecular complexity index is 261. The molecule has 2 unspecified atom stereocenters. The van der Waals surface area contributed by atoms with E-state index in [4.69, 9.17) is 0 Å². The summed E-state index contributed by atoms with van der Waals surface area (Å²) < 4.78 is 0. The molecule has 0 aromatic heterocycles. The van der Waals surface area contributed by atoms with Gasteiger partial charge in [0, 0.05) is 12.6 Å². The van der Waals surface area contributed by atoms with Crippen molar-refractivity contribution in [2.75, 3.05) is 13.1 Å². The maximum atomic E-state index is 12.2. The van der Waals surface area contributed by atoms with E-state index in [1.165, 1.54) is 32.1 Å². The summed E-state index contributed by atoms with van der Waals surface area (Å²) in [6, 6.07) is 0.357. The second-order valence-electron chi connectivity index (χ2n) is 5.94. The van der Waals surface area contributed by atoms with Crippen molar-refractivity contribution >= 4 is 5.91 Å². The number of carbonyl (C=O) groups is 1. The topological polar surface area (TPSA) is 41.1 Å². The zero-order chi connectivity index (χ0) is 12.3. The summed E-state index contributed by atoms with van der Waals surface area (Å²) in [4.78, 5) is 12.2. The fourth-order valence-electron chi connectivity index (χ4n) is 3.24. The number of carbonyl (C=O) groups excluding carboxylic acids is 1. The van der Waals surface area contributed by atoms with Crippen LogP contribution in [0.4, 0.5) is 0 Å². The van der Waals surface area contributed by atoms with Crippen molar-refractivity contribution in [3.8, 4) is 0 Å². The molecule has 0 spiro atoms. The molecular weight excluding hydrogens is 212 g/mol. The maximum Gasteiger partial charge on any atom is 0.224 e. The van der Waals surface area contributed by atoms with Gasteiger partial charge in [-0.1, -0.05) is 26.2 Å². The molecule has 98 valence electrons. The van der Waals surface area contributed by atoms with Gasteiger partial charge >= 0.3 is 0 Å². The molecule has 3 atom stereocenters. The summed E-state index contributed by atoms with van der Waals surface area (Å²) in [6.45, 7) is 6.18. The van der Waals surface area contributed by atoms with Gasteiger partial charge in [-0.25, -0.2) is 0 Å². The Balaban J connectivity index is 1.80. The number of rotatable bonds is 3. The van der Waals surface area contributed by atoms with Crippen LogP contribution in [0.1, 0.15) is 46.0 Å². The highest BCUT2D eigenvalue weighted by molar-refractivity contribution is 5.79. The Morgan fingerprint density at radius 3 is 2.53 bits per heavy atom. The van der Waals surface area contributed by atoms with Gasteiger partial charge in [-0.15, -0.1) is 0 Å². The smallest absolute Gasteiger partial charge is 0.224 e. The SMILES string of the molecule is CC1CNCC1C(=O)N[C@@H](C)C1CCCCC1. The van der Waals surface area contributed by atoms with Crippen molar-refractivity contribution in [2.45, 2.75) is 52.0 Å². The molecule has 1 saturated heterocycles. The average molecular weight is 238 g/mol. The predicted molar refractivity (Wildman–Crippen MR) is 69.7 cm³/mol. The minimum Gasteiger partial charge on any atom is -0.353 e. The van der Waals surface area contributed by atoms with Gasteiger partial charge in [-0.2, -0.15) is 0 Å². The average Bonchev–Trinajstić information content (AvgIpc) is 2.76. The molecule has 2 fully saturated rings. The van der Waals surface area contributed by atoms with Crippen molar-refractivity contribution in [3.63, 3.8) is 0 Å². The zero-order valence-corrected chi connectivity index (χ0v) is 11.2. The molecule has 3 nitrogen and oxygen atoms in total. The Morgan fingerprint density at radius 1 is 1.24 bits per heavy atom. The van der Waals surface area contributed by atoms with E-state index < -0.39 is 0 Å². The third-order valence-electron chi connectivity index (χ3n) is 4.58. The van der Waals surface area contributed by atoms with Crippen LogP contribution in [-0.4, -0.2) is 25.0 Å². The first-order valence-corrected chi connectivity index (χ1v) is 7.19. The fourth-order valence-corrected chi connectivity index (χ4v) is 3.24. The molecule has 3 heteroatoms. The minimum atomic E-state index is 0.182. The highest BCUT2D eigenvalue weighted by Crippen LogP contribution is 2.26. The maximum absolute atomic E-state index is 12.2. The van der Waals surface area contributed by atoms with Gasteiger partial charge in [-0.05, 0) is 38.1 Å². The lowest BCUT2D eigenvalue weighted by Crippen LogP contribution is -2.43. The lowest BCUT2D eigenvalue weighted by Gasteiger charge is -2.29. The van der Waals surface area contributed by atoms with Crippen LogP contribution in [0.3, 0.4) is 0 Å². The van der Waals surface area contributed by atoms with Crippen LogP contribution in [0.25, 0.3) is 0 Å². The van der Waals surface area contributed by atoms with Gasteiger partial charge in [0.25, 0.3) is 0 Å². The van der Waals surface area contributed by atoms with Crippen LogP contribution < -0.4 is 10.6 Å². The van der Waals surface area contributed by atoms with Crippen molar-refractivity contribution in [3.05, 3.63) is 0 Å². The monoisotopic (exact) mass is 238 g/mol. The van der Waals surface area contributed by atoms with E-state index in [9.17, 15) is 4.79 Å². The molecule has 1 amide bonds. The van der Waals surface area contributed by atoms with E-state index in [0.717, 1.165) is 13.1 Å². The molecule has 0 radical (unpaired) electrons. The van der Waals surface area contributed by atoms with E-state index >= 15 is 0 Å². The Labute approximate surface area is 105 Å². The molecule has 1 aliphatic heterocycles. The Kier molecular flexibility index (Phi) is 4.43. The molecule has 0 aromatic carbocycles. The fraction of sp³-hybridized carbons (Fsp3) is 0.929. The van der Waals surface area contributed by atoms with Crippen molar-refractivity contribution in [1.82, 2.24) is 10.6 Å². The summed E-state index contributed by atoms with van der Waals surface area (Å²) in [5.74, 6) is 1.63. The van der Waals surface area contributed by atoms with E-state index in [1.54, 1.807) is 0 Å². The van der Waals surface area contributed by atoms with E-state index in [2.05, 4.69) is 24.5 Å². The normalized spacial score (nSPS) is 32.4. The zero-order valence-electron chi connectivity index (χ0n) is 11.2. The second kappa shape index (κ2) is 5.85. The minimum absolute atomic E-state index is 0.182.